The highest BCUT2D eigenvalue weighted by molar-refractivity contribution is 6.31. The molecule has 1 amide bonds. The lowest BCUT2D eigenvalue weighted by Crippen LogP contribution is -2.09. The summed E-state index contributed by atoms with van der Waals surface area (Å²) in [5, 5.41) is 3.38. The molecule has 0 radical (unpaired) electrons. The summed E-state index contributed by atoms with van der Waals surface area (Å²) in [5.74, 6) is 1.04. The highest BCUT2D eigenvalue weighted by Crippen LogP contribution is 2.30. The second-order valence-electron chi connectivity index (χ2n) is 4.90. The second-order valence-corrected chi connectivity index (χ2v) is 5.30. The van der Waals surface area contributed by atoms with Gasteiger partial charge in [-0.05, 0) is 42.3 Å². The Bertz CT molecular complexity index is 724. The molecule has 0 atom stereocenters. The lowest BCUT2D eigenvalue weighted by Gasteiger charge is -2.11. The van der Waals surface area contributed by atoms with Crippen LogP contribution in [0, 0.1) is 6.92 Å². The van der Waals surface area contributed by atoms with Gasteiger partial charge in [0.05, 0.1) is 19.9 Å². The normalized spacial score (nSPS) is 10.6. The summed E-state index contributed by atoms with van der Waals surface area (Å²) in [6, 6.07) is 10.9. The van der Waals surface area contributed by atoms with Crippen molar-refractivity contribution in [1.82, 2.24) is 0 Å². The Kier molecular flexibility index (Phi) is 5.66. The number of anilines is 1. The Morgan fingerprint density at radius 2 is 1.83 bits per heavy atom. The number of carbonyl (C=O) groups is 1. The number of nitrogens with one attached hydrogen (secondary N) is 1. The summed E-state index contributed by atoms with van der Waals surface area (Å²) >= 11 is 6.05. The van der Waals surface area contributed by atoms with E-state index in [1.165, 1.54) is 13.2 Å². The van der Waals surface area contributed by atoms with Crippen molar-refractivity contribution in [2.24, 2.45) is 0 Å². The Labute approximate surface area is 140 Å². The number of amides is 1. The number of ether oxygens (including phenoxy) is 2. The third-order valence-corrected chi connectivity index (χ3v) is 3.69. The molecule has 5 heteroatoms. The van der Waals surface area contributed by atoms with Crippen LogP contribution >= 0.6 is 11.6 Å². The van der Waals surface area contributed by atoms with Crippen LogP contribution in [0.1, 0.15) is 11.1 Å². The first kappa shape index (κ1) is 16.9. The van der Waals surface area contributed by atoms with Crippen molar-refractivity contribution in [2.45, 2.75) is 6.92 Å². The number of rotatable bonds is 5. The lowest BCUT2D eigenvalue weighted by atomic mass is 10.2. The Hall–Kier alpha value is -2.46. The van der Waals surface area contributed by atoms with Gasteiger partial charge in [-0.15, -0.1) is 0 Å². The Morgan fingerprint density at radius 1 is 1.13 bits per heavy atom. The summed E-state index contributed by atoms with van der Waals surface area (Å²) in [7, 11) is 3.14. The smallest absolute Gasteiger partial charge is 0.248 e. The molecule has 0 bridgehead atoms. The first-order valence-electron chi connectivity index (χ1n) is 7.00. The van der Waals surface area contributed by atoms with E-state index in [0.29, 0.717) is 16.5 Å². The molecule has 1 N–H and O–H groups in total. The zero-order valence-electron chi connectivity index (χ0n) is 13.2. The minimum Gasteiger partial charge on any atom is -0.497 e. The minimum absolute atomic E-state index is 0.249. The quantitative estimate of drug-likeness (QED) is 0.830. The third-order valence-electron chi connectivity index (χ3n) is 3.28. The number of methoxy groups -OCH3 is 2. The molecule has 2 rings (SSSR count). The molecule has 0 aromatic heterocycles. The number of aryl methyl sites for hydroxylation is 1. The number of halogens is 1. The molecule has 0 aliphatic heterocycles. The van der Waals surface area contributed by atoms with Crippen LogP contribution in [0.5, 0.6) is 11.5 Å². The molecule has 2 aromatic carbocycles. The van der Waals surface area contributed by atoms with Gasteiger partial charge in [0.25, 0.3) is 0 Å². The van der Waals surface area contributed by atoms with E-state index >= 15 is 0 Å². The van der Waals surface area contributed by atoms with Gasteiger partial charge in [0.1, 0.15) is 11.5 Å². The van der Waals surface area contributed by atoms with Gasteiger partial charge >= 0.3 is 0 Å². The molecular weight excluding hydrogens is 314 g/mol. The van der Waals surface area contributed by atoms with E-state index in [-0.39, 0.29) is 5.91 Å². The van der Waals surface area contributed by atoms with Crippen LogP contribution in [0.25, 0.3) is 6.08 Å². The van der Waals surface area contributed by atoms with E-state index in [0.717, 1.165) is 16.9 Å². The van der Waals surface area contributed by atoms with E-state index in [4.69, 9.17) is 21.1 Å². The molecule has 0 saturated carbocycles. The molecule has 0 saturated heterocycles. The largest absolute Gasteiger partial charge is 0.497 e. The van der Waals surface area contributed by atoms with Gasteiger partial charge in [-0.3, -0.25) is 4.79 Å². The van der Waals surface area contributed by atoms with Gasteiger partial charge < -0.3 is 14.8 Å². The van der Waals surface area contributed by atoms with Crippen molar-refractivity contribution in [3.05, 3.63) is 58.6 Å². The molecule has 120 valence electrons. The number of hydrogen-bond acceptors (Lipinski definition) is 3. The first-order chi connectivity index (χ1) is 11.0. The molecule has 0 unspecified atom stereocenters. The maximum Gasteiger partial charge on any atom is 0.248 e. The monoisotopic (exact) mass is 331 g/mol. The van der Waals surface area contributed by atoms with E-state index < -0.39 is 0 Å². The molecule has 0 aliphatic rings. The average molecular weight is 332 g/mol. The first-order valence-corrected chi connectivity index (χ1v) is 7.38. The summed E-state index contributed by atoms with van der Waals surface area (Å²) in [6.45, 7) is 1.87. The molecule has 4 nitrogen and oxygen atoms in total. The molecule has 0 fully saturated rings. The average Bonchev–Trinajstić information content (AvgIpc) is 2.56. The zero-order valence-corrected chi connectivity index (χ0v) is 14.0. The van der Waals surface area contributed by atoms with Gasteiger partial charge in [-0.1, -0.05) is 23.7 Å². The summed E-state index contributed by atoms with van der Waals surface area (Å²) in [4.78, 5) is 12.1. The van der Waals surface area contributed by atoms with E-state index in [1.54, 1.807) is 25.3 Å². The van der Waals surface area contributed by atoms with E-state index in [2.05, 4.69) is 5.32 Å². The van der Waals surface area contributed by atoms with Crippen LogP contribution in [0.15, 0.2) is 42.5 Å². The molecule has 23 heavy (non-hydrogen) atoms. The SMILES string of the molecule is COc1ccc(/C=C/C(=O)Nc2cc(C)c(Cl)cc2OC)cc1. The maximum atomic E-state index is 12.1. The van der Waals surface area contributed by atoms with E-state index in [1.807, 2.05) is 31.2 Å². The van der Waals surface area contributed by atoms with Gasteiger partial charge in [-0.2, -0.15) is 0 Å². The van der Waals surface area contributed by atoms with Crippen LogP contribution in [0.4, 0.5) is 5.69 Å². The Morgan fingerprint density at radius 3 is 2.43 bits per heavy atom. The number of carbonyl (C=O) groups excluding carboxylic acids is 1. The molecule has 0 heterocycles. The predicted octanol–water partition coefficient (Wildman–Crippen LogP) is 4.32. The van der Waals surface area contributed by atoms with Crippen molar-refractivity contribution in [3.8, 4) is 11.5 Å². The van der Waals surface area contributed by atoms with Crippen LogP contribution in [0.2, 0.25) is 5.02 Å². The molecule has 0 spiro atoms. The van der Waals surface area contributed by atoms with Gasteiger partial charge in [0.2, 0.25) is 5.91 Å². The fourth-order valence-corrected chi connectivity index (χ4v) is 2.14. The second kappa shape index (κ2) is 7.70. The predicted molar refractivity (Wildman–Crippen MR) is 93.4 cm³/mol. The van der Waals surface area contributed by atoms with Crippen molar-refractivity contribution in [1.29, 1.82) is 0 Å². The third kappa shape index (κ3) is 4.50. The summed E-state index contributed by atoms with van der Waals surface area (Å²) in [6.07, 6.45) is 3.19. The standard InChI is InChI=1S/C18H18ClNO3/c1-12-10-16(17(23-3)11-15(12)19)20-18(21)9-6-13-4-7-14(22-2)8-5-13/h4-11H,1-3H3,(H,20,21)/b9-6+. The highest BCUT2D eigenvalue weighted by atomic mass is 35.5. The topological polar surface area (TPSA) is 47.6 Å². The summed E-state index contributed by atoms with van der Waals surface area (Å²) < 4.78 is 10.3. The van der Waals surface area contributed by atoms with E-state index in [9.17, 15) is 4.79 Å². The van der Waals surface area contributed by atoms with Crippen molar-refractivity contribution in [2.75, 3.05) is 19.5 Å². The van der Waals surface area contributed by atoms with Gasteiger partial charge in [0.15, 0.2) is 0 Å². The van der Waals surface area contributed by atoms with Crippen LogP contribution < -0.4 is 14.8 Å². The minimum atomic E-state index is -0.249. The van der Waals surface area contributed by atoms with Gasteiger partial charge in [-0.25, -0.2) is 0 Å². The highest BCUT2D eigenvalue weighted by Gasteiger charge is 2.08. The Balaban J connectivity index is 2.09. The number of benzene rings is 2. The molecule has 0 aliphatic carbocycles. The van der Waals surface area contributed by atoms with Crippen molar-refractivity contribution in [3.63, 3.8) is 0 Å². The molecular formula is C18H18ClNO3. The fraction of sp³-hybridized carbons (Fsp3) is 0.167. The fourth-order valence-electron chi connectivity index (χ4n) is 1.99. The van der Waals surface area contributed by atoms with Crippen LogP contribution in [-0.4, -0.2) is 20.1 Å². The number of hydrogen-bond donors (Lipinski definition) is 1. The zero-order chi connectivity index (χ0) is 16.8. The summed E-state index contributed by atoms with van der Waals surface area (Å²) in [5.41, 5.74) is 2.35. The van der Waals surface area contributed by atoms with Crippen molar-refractivity contribution >= 4 is 29.3 Å². The maximum absolute atomic E-state index is 12.1. The van der Waals surface area contributed by atoms with Gasteiger partial charge in [0, 0.05) is 17.2 Å². The van der Waals surface area contributed by atoms with Crippen molar-refractivity contribution < 1.29 is 14.3 Å². The van der Waals surface area contributed by atoms with Crippen LogP contribution in [-0.2, 0) is 4.79 Å². The van der Waals surface area contributed by atoms with Crippen LogP contribution in [0.3, 0.4) is 0 Å². The molecule has 2 aromatic rings. The lowest BCUT2D eigenvalue weighted by molar-refractivity contribution is -0.111.